The fourth-order valence-electron chi connectivity index (χ4n) is 3.73. The molecule has 0 bridgehead atoms. The number of anilines is 1. The van der Waals surface area contributed by atoms with E-state index < -0.39 is 5.54 Å². The van der Waals surface area contributed by atoms with E-state index in [1.54, 1.807) is 0 Å². The minimum atomic E-state index is -0.478. The zero-order valence-electron chi connectivity index (χ0n) is 14.4. The Morgan fingerprint density at radius 3 is 2.52 bits per heavy atom. The van der Waals surface area contributed by atoms with E-state index in [2.05, 4.69) is 20.4 Å². The Labute approximate surface area is 148 Å². The third-order valence-corrected chi connectivity index (χ3v) is 5.38. The molecule has 3 heterocycles. The van der Waals surface area contributed by atoms with E-state index in [-0.39, 0.29) is 5.91 Å². The summed E-state index contributed by atoms with van der Waals surface area (Å²) in [5.74, 6) is 0.269. The number of para-hydroxylation sites is 1. The van der Waals surface area contributed by atoms with Crippen LogP contribution in [0.5, 0.6) is 0 Å². The molecule has 0 radical (unpaired) electrons. The maximum absolute atomic E-state index is 13.2. The summed E-state index contributed by atoms with van der Waals surface area (Å²) in [5, 5.41) is 10.5. The second kappa shape index (κ2) is 6.88. The molecule has 1 aromatic carbocycles. The highest BCUT2D eigenvalue weighted by molar-refractivity contribution is 5.90. The normalized spacial score (nSPS) is 20.1. The monoisotopic (exact) mass is 339 g/mol. The number of carbonyl (C=O) groups is 1. The first kappa shape index (κ1) is 16.1. The summed E-state index contributed by atoms with van der Waals surface area (Å²) >= 11 is 0. The Hall–Kier alpha value is -2.34. The average molecular weight is 339 g/mol. The Morgan fingerprint density at radius 1 is 1.16 bits per heavy atom. The maximum atomic E-state index is 13.2. The lowest BCUT2D eigenvalue weighted by atomic mass is 9.84. The number of carbonyl (C=O) groups excluding carboxylic acids is 1. The van der Waals surface area contributed by atoms with Crippen molar-refractivity contribution in [3.63, 3.8) is 0 Å². The molecule has 132 valence electrons. The lowest BCUT2D eigenvalue weighted by Gasteiger charge is -2.46. The van der Waals surface area contributed by atoms with Crippen molar-refractivity contribution >= 4 is 11.6 Å². The number of nitrogens with zero attached hydrogens (tertiary/aromatic N) is 3. The number of benzene rings is 1. The van der Waals surface area contributed by atoms with Crippen molar-refractivity contribution in [3.05, 3.63) is 48.3 Å². The van der Waals surface area contributed by atoms with E-state index in [9.17, 15) is 4.79 Å². The van der Waals surface area contributed by atoms with Crippen molar-refractivity contribution in [1.82, 2.24) is 20.0 Å². The average Bonchev–Trinajstić information content (AvgIpc) is 3.09. The predicted molar refractivity (Wildman–Crippen MR) is 97.1 cm³/mol. The molecule has 0 unspecified atom stereocenters. The van der Waals surface area contributed by atoms with Gasteiger partial charge in [0.15, 0.2) is 0 Å². The third kappa shape index (κ3) is 3.39. The summed E-state index contributed by atoms with van der Waals surface area (Å²) in [7, 11) is 0. The van der Waals surface area contributed by atoms with Crippen LogP contribution < -0.4 is 5.32 Å². The molecule has 4 rings (SSSR count). The van der Waals surface area contributed by atoms with E-state index in [1.165, 1.54) is 5.56 Å². The van der Waals surface area contributed by atoms with Crippen LogP contribution in [0.2, 0.25) is 0 Å². The van der Waals surface area contributed by atoms with Crippen molar-refractivity contribution in [2.45, 2.75) is 31.3 Å². The predicted octanol–water partition coefficient (Wildman–Crippen LogP) is 2.09. The van der Waals surface area contributed by atoms with Crippen LogP contribution in [-0.4, -0.2) is 57.6 Å². The first-order chi connectivity index (χ1) is 12.3. The number of nitrogens with one attached hydrogen (secondary N) is 2. The van der Waals surface area contributed by atoms with Gasteiger partial charge in [0.25, 0.3) is 0 Å². The largest absolute Gasteiger partial charge is 0.371 e. The third-order valence-electron chi connectivity index (χ3n) is 5.38. The van der Waals surface area contributed by atoms with Crippen molar-refractivity contribution < 1.29 is 4.79 Å². The smallest absolute Gasteiger partial charge is 0.248 e. The minimum absolute atomic E-state index is 0.269. The van der Waals surface area contributed by atoms with Gasteiger partial charge in [-0.1, -0.05) is 18.2 Å². The summed E-state index contributed by atoms with van der Waals surface area (Å²) in [6, 6.07) is 10.1. The summed E-state index contributed by atoms with van der Waals surface area (Å²) < 4.78 is 0. The second-order valence-corrected chi connectivity index (χ2v) is 7.10. The zero-order valence-corrected chi connectivity index (χ0v) is 14.4. The van der Waals surface area contributed by atoms with Crippen LogP contribution in [0.4, 0.5) is 5.69 Å². The summed E-state index contributed by atoms with van der Waals surface area (Å²) in [5.41, 5.74) is 1.74. The molecule has 1 aromatic heterocycles. The van der Waals surface area contributed by atoms with Crippen LogP contribution in [0.25, 0.3) is 0 Å². The standard InChI is InChI=1S/C19H25N5O/c25-18(24-9-4-10-24)19(22-17-5-2-1-3-6-17)7-11-23(12-8-19)15-16-13-20-21-14-16/h1-3,5-6,13-14,22H,4,7-12,15H2,(H,20,21). The Balaban J connectivity index is 1.48. The Kier molecular flexibility index (Phi) is 4.44. The number of H-pyrrole nitrogens is 1. The molecule has 2 N–H and O–H groups in total. The number of rotatable bonds is 5. The summed E-state index contributed by atoms with van der Waals surface area (Å²) in [6.45, 7) is 4.50. The number of hydrogen-bond donors (Lipinski definition) is 2. The topological polar surface area (TPSA) is 64.3 Å². The molecule has 6 nitrogen and oxygen atoms in total. The highest BCUT2D eigenvalue weighted by Gasteiger charge is 2.44. The minimum Gasteiger partial charge on any atom is -0.371 e. The highest BCUT2D eigenvalue weighted by Crippen LogP contribution is 2.31. The van der Waals surface area contributed by atoms with E-state index in [0.717, 1.165) is 57.7 Å². The van der Waals surface area contributed by atoms with Gasteiger partial charge in [0.2, 0.25) is 5.91 Å². The summed E-state index contributed by atoms with van der Waals surface area (Å²) in [4.78, 5) is 17.6. The van der Waals surface area contributed by atoms with Crippen molar-refractivity contribution in [2.75, 3.05) is 31.5 Å². The maximum Gasteiger partial charge on any atom is 0.248 e. The Bertz CT molecular complexity index is 688. The van der Waals surface area contributed by atoms with E-state index in [4.69, 9.17) is 0 Å². The van der Waals surface area contributed by atoms with Crippen LogP contribution in [-0.2, 0) is 11.3 Å². The number of amides is 1. The van der Waals surface area contributed by atoms with Crippen molar-refractivity contribution in [1.29, 1.82) is 0 Å². The molecule has 1 amide bonds. The van der Waals surface area contributed by atoms with Crippen molar-refractivity contribution in [3.8, 4) is 0 Å². The molecule has 0 aliphatic carbocycles. The molecule has 0 atom stereocenters. The van der Waals surface area contributed by atoms with Crippen LogP contribution in [0.1, 0.15) is 24.8 Å². The number of likely N-dealkylation sites (tertiary alicyclic amines) is 2. The van der Waals surface area contributed by atoms with Gasteiger partial charge in [-0.3, -0.25) is 14.8 Å². The zero-order chi connectivity index (χ0) is 17.1. The first-order valence-corrected chi connectivity index (χ1v) is 9.08. The SMILES string of the molecule is O=C(N1CCC1)C1(Nc2ccccc2)CCN(Cc2cn[nH]c2)CC1. The van der Waals surface area contributed by atoms with E-state index >= 15 is 0 Å². The lowest BCUT2D eigenvalue weighted by molar-refractivity contribution is -0.141. The number of piperidine rings is 1. The van der Waals surface area contributed by atoms with Crippen LogP contribution >= 0.6 is 0 Å². The molecule has 0 spiro atoms. The van der Waals surface area contributed by atoms with Crippen LogP contribution in [0.3, 0.4) is 0 Å². The molecular weight excluding hydrogens is 314 g/mol. The highest BCUT2D eigenvalue weighted by atomic mass is 16.2. The molecule has 25 heavy (non-hydrogen) atoms. The molecule has 2 aliphatic rings. The van der Waals surface area contributed by atoms with Crippen molar-refractivity contribution in [2.24, 2.45) is 0 Å². The van der Waals surface area contributed by atoms with E-state index in [1.807, 2.05) is 47.6 Å². The van der Waals surface area contributed by atoms with Gasteiger partial charge >= 0.3 is 0 Å². The first-order valence-electron chi connectivity index (χ1n) is 9.08. The fraction of sp³-hybridized carbons (Fsp3) is 0.474. The number of aromatic amines is 1. The van der Waals surface area contributed by atoms with Gasteiger partial charge in [0.1, 0.15) is 5.54 Å². The number of hydrogen-bond acceptors (Lipinski definition) is 4. The quantitative estimate of drug-likeness (QED) is 0.875. The van der Waals surface area contributed by atoms with Gasteiger partial charge in [-0.05, 0) is 31.4 Å². The number of aromatic nitrogens is 2. The van der Waals surface area contributed by atoms with Gasteiger partial charge in [-0.25, -0.2) is 0 Å². The van der Waals surface area contributed by atoms with Crippen LogP contribution in [0.15, 0.2) is 42.7 Å². The molecule has 6 heteroatoms. The molecule has 2 aromatic rings. The van der Waals surface area contributed by atoms with E-state index in [0.29, 0.717) is 0 Å². The van der Waals surface area contributed by atoms with Gasteiger partial charge < -0.3 is 10.2 Å². The van der Waals surface area contributed by atoms with Gasteiger partial charge in [0, 0.05) is 50.2 Å². The molecule has 0 saturated carbocycles. The van der Waals surface area contributed by atoms with Crippen LogP contribution in [0, 0.1) is 0 Å². The molecule has 2 saturated heterocycles. The summed E-state index contributed by atoms with van der Waals surface area (Å²) in [6.07, 6.45) is 6.59. The molecule has 2 fully saturated rings. The molecular formula is C19H25N5O. The van der Waals surface area contributed by atoms with Gasteiger partial charge in [-0.15, -0.1) is 0 Å². The van der Waals surface area contributed by atoms with Gasteiger partial charge in [-0.2, -0.15) is 5.10 Å². The second-order valence-electron chi connectivity index (χ2n) is 7.10. The Morgan fingerprint density at radius 2 is 1.92 bits per heavy atom. The lowest BCUT2D eigenvalue weighted by Crippen LogP contribution is -2.61. The molecule has 2 aliphatic heterocycles. The van der Waals surface area contributed by atoms with Gasteiger partial charge in [0.05, 0.1) is 6.20 Å². The fourth-order valence-corrected chi connectivity index (χ4v) is 3.73.